The van der Waals surface area contributed by atoms with Crippen LogP contribution < -0.4 is 5.32 Å². The summed E-state index contributed by atoms with van der Waals surface area (Å²) in [7, 11) is 0. The fourth-order valence-electron chi connectivity index (χ4n) is 1.32. The van der Waals surface area contributed by atoms with Gasteiger partial charge in [-0.3, -0.25) is 4.79 Å². The predicted molar refractivity (Wildman–Crippen MR) is 57.0 cm³/mol. The highest BCUT2D eigenvalue weighted by Crippen LogP contribution is 2.29. The van der Waals surface area contributed by atoms with E-state index in [0.29, 0.717) is 22.1 Å². The summed E-state index contributed by atoms with van der Waals surface area (Å²) >= 11 is 3.23. The molecular weight excluding hydrogens is 244 g/mol. The molecule has 74 valence electrons. The van der Waals surface area contributed by atoms with Gasteiger partial charge in [-0.1, -0.05) is 6.92 Å². The lowest BCUT2D eigenvalue weighted by atomic mass is 10.2. The summed E-state index contributed by atoms with van der Waals surface area (Å²) in [6.07, 6.45) is 2.72. The number of pyridine rings is 1. The predicted octanol–water partition coefficient (Wildman–Crippen LogP) is 1.98. The Balaban J connectivity index is 2.03. The number of nitrogens with zero attached hydrogens (tertiary/aromatic N) is 1. The fourth-order valence-corrected chi connectivity index (χ4v) is 1.68. The minimum absolute atomic E-state index is 0.0116. The molecule has 3 nitrogen and oxygen atoms in total. The van der Waals surface area contributed by atoms with Crippen LogP contribution in [-0.4, -0.2) is 16.9 Å². The molecule has 0 aliphatic heterocycles. The summed E-state index contributed by atoms with van der Waals surface area (Å²) in [5.74, 6) is 0.617. The van der Waals surface area contributed by atoms with Crippen LogP contribution in [0.3, 0.4) is 0 Å². The third-order valence-electron chi connectivity index (χ3n) is 2.41. The highest BCUT2D eigenvalue weighted by atomic mass is 79.9. The van der Waals surface area contributed by atoms with Gasteiger partial charge in [-0.2, -0.15) is 0 Å². The Kier molecular flexibility index (Phi) is 2.54. The molecular formula is C10H11BrN2O. The van der Waals surface area contributed by atoms with Crippen molar-refractivity contribution < 1.29 is 4.79 Å². The van der Waals surface area contributed by atoms with Gasteiger partial charge >= 0.3 is 0 Å². The molecule has 1 aromatic rings. The number of carbonyl (C=O) groups excluding carboxylic acids is 1. The maximum atomic E-state index is 11.6. The minimum atomic E-state index is -0.0116. The molecule has 2 unspecified atom stereocenters. The van der Waals surface area contributed by atoms with E-state index in [2.05, 4.69) is 33.2 Å². The van der Waals surface area contributed by atoms with Gasteiger partial charge in [-0.05, 0) is 40.4 Å². The van der Waals surface area contributed by atoms with Crippen LogP contribution in [-0.2, 0) is 0 Å². The molecule has 1 N–H and O–H groups in total. The molecule has 1 aliphatic carbocycles. The van der Waals surface area contributed by atoms with Crippen LogP contribution >= 0.6 is 15.9 Å². The SMILES string of the molecule is CC1CC1NC(=O)c1ccnc(Br)c1. The first-order valence-electron chi connectivity index (χ1n) is 4.59. The molecule has 0 spiro atoms. The Hall–Kier alpha value is -0.900. The van der Waals surface area contributed by atoms with Gasteiger partial charge in [0.15, 0.2) is 0 Å². The number of aromatic nitrogens is 1. The highest BCUT2D eigenvalue weighted by Gasteiger charge is 2.33. The first kappa shape index (κ1) is 9.65. The van der Waals surface area contributed by atoms with Crippen LogP contribution in [0.2, 0.25) is 0 Å². The smallest absolute Gasteiger partial charge is 0.251 e. The Morgan fingerprint density at radius 3 is 3.00 bits per heavy atom. The van der Waals surface area contributed by atoms with Crippen LogP contribution in [0.25, 0.3) is 0 Å². The average Bonchev–Trinajstić information content (AvgIpc) is 2.81. The standard InChI is InChI=1S/C10H11BrN2O/c1-6-4-8(6)13-10(14)7-2-3-12-9(11)5-7/h2-3,5-6,8H,4H2,1H3,(H,13,14). The number of nitrogens with one attached hydrogen (secondary N) is 1. The summed E-state index contributed by atoms with van der Waals surface area (Å²) in [4.78, 5) is 15.6. The Bertz CT molecular complexity index is 367. The molecule has 1 saturated carbocycles. The summed E-state index contributed by atoms with van der Waals surface area (Å²) in [5, 5.41) is 2.96. The zero-order valence-electron chi connectivity index (χ0n) is 7.83. The van der Waals surface area contributed by atoms with Crippen molar-refractivity contribution in [3.05, 3.63) is 28.5 Å². The monoisotopic (exact) mass is 254 g/mol. The molecule has 0 aromatic carbocycles. The number of hydrogen-bond acceptors (Lipinski definition) is 2. The summed E-state index contributed by atoms with van der Waals surface area (Å²) in [5.41, 5.74) is 0.658. The van der Waals surface area contributed by atoms with Crippen LogP contribution in [0.5, 0.6) is 0 Å². The van der Waals surface area contributed by atoms with E-state index in [0.717, 1.165) is 6.42 Å². The van der Waals surface area contributed by atoms with Gasteiger partial charge in [0.05, 0.1) is 0 Å². The van der Waals surface area contributed by atoms with E-state index < -0.39 is 0 Å². The second-order valence-electron chi connectivity index (χ2n) is 3.66. The normalized spacial score (nSPS) is 24.4. The van der Waals surface area contributed by atoms with E-state index in [1.54, 1.807) is 18.3 Å². The zero-order valence-corrected chi connectivity index (χ0v) is 9.41. The topological polar surface area (TPSA) is 42.0 Å². The van der Waals surface area contributed by atoms with Gasteiger partial charge < -0.3 is 5.32 Å². The first-order valence-corrected chi connectivity index (χ1v) is 5.38. The summed E-state index contributed by atoms with van der Waals surface area (Å²) in [6, 6.07) is 3.81. The summed E-state index contributed by atoms with van der Waals surface area (Å²) in [6.45, 7) is 2.13. The van der Waals surface area contributed by atoms with Crippen molar-refractivity contribution in [2.75, 3.05) is 0 Å². The van der Waals surface area contributed by atoms with E-state index in [1.807, 2.05) is 0 Å². The van der Waals surface area contributed by atoms with Crippen LogP contribution in [0.1, 0.15) is 23.7 Å². The largest absolute Gasteiger partial charge is 0.349 e. The van der Waals surface area contributed by atoms with E-state index >= 15 is 0 Å². The molecule has 1 aromatic heterocycles. The Labute approximate surface area is 91.0 Å². The quantitative estimate of drug-likeness (QED) is 0.821. The first-order chi connectivity index (χ1) is 6.66. The van der Waals surface area contributed by atoms with Crippen molar-refractivity contribution in [2.24, 2.45) is 5.92 Å². The molecule has 14 heavy (non-hydrogen) atoms. The number of hydrogen-bond donors (Lipinski definition) is 1. The van der Waals surface area contributed by atoms with Crippen molar-refractivity contribution in [3.63, 3.8) is 0 Å². The number of carbonyl (C=O) groups is 1. The average molecular weight is 255 g/mol. The molecule has 1 heterocycles. The van der Waals surface area contributed by atoms with E-state index in [-0.39, 0.29) is 5.91 Å². The van der Waals surface area contributed by atoms with Gasteiger partial charge in [0.2, 0.25) is 0 Å². The second-order valence-corrected chi connectivity index (χ2v) is 4.47. The van der Waals surface area contributed by atoms with Gasteiger partial charge in [0, 0.05) is 17.8 Å². The van der Waals surface area contributed by atoms with Gasteiger partial charge in [0.25, 0.3) is 5.91 Å². The molecule has 0 radical (unpaired) electrons. The van der Waals surface area contributed by atoms with E-state index in [1.165, 1.54) is 0 Å². The van der Waals surface area contributed by atoms with Crippen LogP contribution in [0, 0.1) is 5.92 Å². The maximum Gasteiger partial charge on any atom is 0.251 e. The Morgan fingerprint density at radius 1 is 1.71 bits per heavy atom. The molecule has 2 atom stereocenters. The zero-order chi connectivity index (χ0) is 10.1. The van der Waals surface area contributed by atoms with E-state index in [9.17, 15) is 4.79 Å². The van der Waals surface area contributed by atoms with Crippen LogP contribution in [0.4, 0.5) is 0 Å². The summed E-state index contributed by atoms with van der Waals surface area (Å²) < 4.78 is 0.689. The lowest BCUT2D eigenvalue weighted by Gasteiger charge is -2.03. The van der Waals surface area contributed by atoms with E-state index in [4.69, 9.17) is 0 Å². The number of amides is 1. The maximum absolute atomic E-state index is 11.6. The molecule has 0 bridgehead atoms. The molecule has 4 heteroatoms. The van der Waals surface area contributed by atoms with Crippen molar-refractivity contribution in [1.82, 2.24) is 10.3 Å². The fraction of sp³-hybridized carbons (Fsp3) is 0.400. The highest BCUT2D eigenvalue weighted by molar-refractivity contribution is 9.10. The third kappa shape index (κ3) is 2.12. The van der Waals surface area contributed by atoms with Crippen LogP contribution in [0.15, 0.2) is 22.9 Å². The molecule has 1 fully saturated rings. The van der Waals surface area contributed by atoms with Gasteiger partial charge in [-0.25, -0.2) is 4.98 Å². The molecule has 1 amide bonds. The van der Waals surface area contributed by atoms with Crippen molar-refractivity contribution in [2.45, 2.75) is 19.4 Å². The minimum Gasteiger partial charge on any atom is -0.349 e. The molecule has 1 aliphatic rings. The van der Waals surface area contributed by atoms with Gasteiger partial charge in [-0.15, -0.1) is 0 Å². The number of halogens is 1. The lowest BCUT2D eigenvalue weighted by Crippen LogP contribution is -2.26. The molecule has 0 saturated heterocycles. The molecule has 2 rings (SSSR count). The van der Waals surface area contributed by atoms with Gasteiger partial charge in [0.1, 0.15) is 4.60 Å². The third-order valence-corrected chi connectivity index (χ3v) is 2.85. The van der Waals surface area contributed by atoms with Crippen molar-refractivity contribution >= 4 is 21.8 Å². The number of rotatable bonds is 2. The lowest BCUT2D eigenvalue weighted by molar-refractivity contribution is 0.0949. The Morgan fingerprint density at radius 2 is 2.43 bits per heavy atom. The second kappa shape index (κ2) is 3.69. The van der Waals surface area contributed by atoms with Crippen molar-refractivity contribution in [3.8, 4) is 0 Å². The van der Waals surface area contributed by atoms with Crippen molar-refractivity contribution in [1.29, 1.82) is 0 Å².